The molecule has 2 aromatic carbocycles. The van der Waals surface area contributed by atoms with Crippen molar-refractivity contribution >= 4 is 33.7 Å². The van der Waals surface area contributed by atoms with Crippen LogP contribution in [0.5, 0.6) is 0 Å². The molecule has 0 fully saturated rings. The molecule has 0 saturated carbocycles. The molecule has 0 bridgehead atoms. The Bertz CT molecular complexity index is 919. The fourth-order valence-corrected chi connectivity index (χ4v) is 2.12. The first kappa shape index (κ1) is 12.7. The average Bonchev–Trinajstić information content (AvgIpc) is 2.46. The lowest BCUT2D eigenvalue weighted by molar-refractivity contribution is -0.548. The second-order valence-electron chi connectivity index (χ2n) is 4.31. The van der Waals surface area contributed by atoms with Crippen LogP contribution in [0.15, 0.2) is 36.4 Å². The van der Waals surface area contributed by atoms with Crippen molar-refractivity contribution in [2.45, 2.75) is 0 Å². The van der Waals surface area contributed by atoms with Crippen LogP contribution in [0.25, 0.3) is 22.1 Å². The van der Waals surface area contributed by atoms with E-state index < -0.39 is 10.9 Å². The zero-order valence-electron chi connectivity index (χ0n) is 10.4. The summed E-state index contributed by atoms with van der Waals surface area (Å²) in [6.45, 7) is 0. The lowest BCUT2D eigenvalue weighted by atomic mass is 10.1. The minimum atomic E-state index is -1.20. The van der Waals surface area contributed by atoms with Gasteiger partial charge < -0.3 is 10.3 Å². The number of carboxylic acids is 1. The van der Waals surface area contributed by atoms with Crippen molar-refractivity contribution in [3.63, 3.8) is 0 Å². The summed E-state index contributed by atoms with van der Waals surface area (Å²) in [7, 11) is 0. The number of hydrogen-bond acceptors (Lipinski definition) is 5. The Balaban J connectivity index is 2.46. The molecule has 21 heavy (non-hydrogen) atoms. The highest BCUT2D eigenvalue weighted by atomic mass is 16.6. The molecule has 1 heterocycles. The maximum absolute atomic E-state index is 12.3. The average molecular weight is 285 g/mol. The molecule has 0 unspecified atom stereocenters. The Kier molecular flexibility index (Phi) is 2.65. The van der Waals surface area contributed by atoms with Gasteiger partial charge in [-0.1, -0.05) is 6.07 Å². The van der Waals surface area contributed by atoms with E-state index >= 15 is 0 Å². The smallest absolute Gasteiger partial charge is 0.338 e. The molecule has 0 aliphatic carbocycles. The number of aromatic carboxylic acids is 1. The van der Waals surface area contributed by atoms with Gasteiger partial charge in [-0.05, 0) is 12.1 Å². The summed E-state index contributed by atoms with van der Waals surface area (Å²) in [6.07, 6.45) is 0. The second kappa shape index (κ2) is 4.37. The Labute approximate surface area is 116 Å². The number of hydrogen-bond donors (Lipinski definition) is 1. The number of aromatic nitrogens is 2. The highest BCUT2D eigenvalue weighted by Gasteiger charge is 2.20. The monoisotopic (exact) mass is 285 g/mol. The van der Waals surface area contributed by atoms with Crippen LogP contribution in [0.2, 0.25) is 0 Å². The van der Waals surface area contributed by atoms with E-state index in [1.54, 1.807) is 0 Å². The van der Waals surface area contributed by atoms with Gasteiger partial charge >= 0.3 is 5.97 Å². The molecular weight excluding hydrogens is 278 g/mol. The predicted molar refractivity (Wildman–Crippen MR) is 71.8 cm³/mol. The largest absolute Gasteiger partial charge is 0.618 e. The van der Waals surface area contributed by atoms with Crippen LogP contribution in [0.1, 0.15) is 10.4 Å². The van der Waals surface area contributed by atoms with E-state index in [1.807, 2.05) is 0 Å². The van der Waals surface area contributed by atoms with Gasteiger partial charge in [0.15, 0.2) is 5.52 Å². The molecule has 0 saturated heterocycles. The van der Waals surface area contributed by atoms with Gasteiger partial charge in [-0.15, -0.1) is 0 Å². The summed E-state index contributed by atoms with van der Waals surface area (Å²) < 4.78 is 0.455. The molecule has 0 aliphatic rings. The van der Waals surface area contributed by atoms with Gasteiger partial charge in [-0.2, -0.15) is 4.73 Å². The molecule has 1 N–H and O–H groups in total. The summed E-state index contributed by atoms with van der Waals surface area (Å²) in [5.74, 6) is -1.20. The number of para-hydroxylation sites is 1. The number of benzene rings is 2. The number of carbonyl (C=O) groups is 1. The van der Waals surface area contributed by atoms with Crippen molar-refractivity contribution in [1.29, 1.82) is 0 Å². The maximum Gasteiger partial charge on any atom is 0.338 e. The van der Waals surface area contributed by atoms with Crippen LogP contribution in [0.4, 0.5) is 5.69 Å². The number of carboxylic acid groups (broad SMARTS) is 1. The third-order valence-corrected chi connectivity index (χ3v) is 3.08. The molecule has 0 amide bonds. The summed E-state index contributed by atoms with van der Waals surface area (Å²) in [4.78, 5) is 25.4. The Morgan fingerprint density at radius 2 is 2.00 bits per heavy atom. The van der Waals surface area contributed by atoms with Crippen molar-refractivity contribution in [3.8, 4) is 0 Å². The number of rotatable bonds is 2. The third-order valence-electron chi connectivity index (χ3n) is 3.08. The van der Waals surface area contributed by atoms with E-state index in [0.717, 1.165) is 6.07 Å². The first-order valence-electron chi connectivity index (χ1n) is 5.83. The standard InChI is InChI=1S/C13H7N3O5/c17-13(18)8-2-1-3-10-12(8)14-9-5-4-7(16(20)21)6-11(9)15(10)19/h1-6H,(H,17,18). The Hall–Kier alpha value is -3.29. The fraction of sp³-hybridized carbons (Fsp3) is 0. The van der Waals surface area contributed by atoms with E-state index in [0.29, 0.717) is 4.73 Å². The molecule has 1 aromatic heterocycles. The lowest BCUT2D eigenvalue weighted by Gasteiger charge is -2.06. The Morgan fingerprint density at radius 1 is 1.24 bits per heavy atom. The zero-order valence-corrected chi connectivity index (χ0v) is 10.4. The van der Waals surface area contributed by atoms with Gasteiger partial charge in [0.05, 0.1) is 16.6 Å². The second-order valence-corrected chi connectivity index (χ2v) is 4.31. The molecule has 0 radical (unpaired) electrons. The number of non-ortho nitro benzene ring substituents is 1. The fourth-order valence-electron chi connectivity index (χ4n) is 2.12. The van der Waals surface area contributed by atoms with Gasteiger partial charge in [0.1, 0.15) is 5.52 Å². The minimum absolute atomic E-state index is 0.0132. The van der Waals surface area contributed by atoms with E-state index in [1.165, 1.54) is 30.3 Å². The van der Waals surface area contributed by atoms with E-state index in [2.05, 4.69) is 4.98 Å². The maximum atomic E-state index is 12.3. The third kappa shape index (κ3) is 1.89. The molecule has 8 nitrogen and oxygen atoms in total. The van der Waals surface area contributed by atoms with Crippen LogP contribution in [0.3, 0.4) is 0 Å². The molecule has 8 heteroatoms. The van der Waals surface area contributed by atoms with Gasteiger partial charge in [0.2, 0.25) is 11.0 Å². The highest BCUT2D eigenvalue weighted by Crippen LogP contribution is 2.21. The SMILES string of the molecule is O=C(O)c1cccc2c1nc1ccc([N+](=O)[O-])cc1[n+]2[O-]. The first-order chi connectivity index (χ1) is 9.99. The van der Waals surface area contributed by atoms with Crippen LogP contribution in [-0.2, 0) is 0 Å². The molecular formula is C13H7N3O5. The highest BCUT2D eigenvalue weighted by molar-refractivity contribution is 6.01. The summed E-state index contributed by atoms with van der Waals surface area (Å²) in [6, 6.07) is 7.83. The first-order valence-corrected chi connectivity index (χ1v) is 5.83. The van der Waals surface area contributed by atoms with Crippen molar-refractivity contribution < 1.29 is 19.6 Å². The molecule has 0 spiro atoms. The van der Waals surface area contributed by atoms with Crippen molar-refractivity contribution in [3.05, 3.63) is 57.3 Å². The Morgan fingerprint density at radius 3 is 2.67 bits per heavy atom. The quantitative estimate of drug-likeness (QED) is 0.251. The molecule has 104 valence electrons. The van der Waals surface area contributed by atoms with Gasteiger partial charge in [-0.3, -0.25) is 10.1 Å². The van der Waals surface area contributed by atoms with Crippen LogP contribution in [-0.4, -0.2) is 21.0 Å². The number of nitro groups is 1. The van der Waals surface area contributed by atoms with Crippen LogP contribution < -0.4 is 4.73 Å². The number of fused-ring (bicyclic) bond motifs is 2. The normalized spacial score (nSPS) is 10.9. The summed E-state index contributed by atoms with van der Waals surface area (Å²) in [5.41, 5.74) is -0.0414. The molecule has 3 aromatic rings. The van der Waals surface area contributed by atoms with E-state index in [-0.39, 0.29) is 33.3 Å². The number of nitrogens with zero attached hydrogens (tertiary/aromatic N) is 3. The van der Waals surface area contributed by atoms with E-state index in [4.69, 9.17) is 5.11 Å². The molecule has 0 aliphatic heterocycles. The van der Waals surface area contributed by atoms with Crippen molar-refractivity contribution in [2.75, 3.05) is 0 Å². The minimum Gasteiger partial charge on any atom is -0.618 e. The van der Waals surface area contributed by atoms with Gasteiger partial charge in [0.25, 0.3) is 5.69 Å². The van der Waals surface area contributed by atoms with Crippen LogP contribution in [0, 0.1) is 15.3 Å². The lowest BCUT2D eigenvalue weighted by Crippen LogP contribution is -2.29. The van der Waals surface area contributed by atoms with Crippen LogP contribution >= 0.6 is 0 Å². The van der Waals surface area contributed by atoms with Crippen molar-refractivity contribution in [2.24, 2.45) is 0 Å². The summed E-state index contributed by atoms with van der Waals surface area (Å²) >= 11 is 0. The number of nitro benzene ring substituents is 1. The molecule has 0 atom stereocenters. The van der Waals surface area contributed by atoms with Gasteiger partial charge in [-0.25, -0.2) is 9.78 Å². The topological polar surface area (TPSA) is 120 Å². The van der Waals surface area contributed by atoms with E-state index in [9.17, 15) is 20.1 Å². The van der Waals surface area contributed by atoms with Gasteiger partial charge in [0, 0.05) is 12.1 Å². The zero-order chi connectivity index (χ0) is 15.1. The van der Waals surface area contributed by atoms with Crippen molar-refractivity contribution in [1.82, 2.24) is 4.98 Å². The summed E-state index contributed by atoms with van der Waals surface area (Å²) in [5, 5.41) is 32.2. The molecule has 3 rings (SSSR count). The predicted octanol–water partition coefficient (Wildman–Crippen LogP) is 1.63.